The molecule has 18 heavy (non-hydrogen) atoms. The lowest BCUT2D eigenvalue weighted by Crippen LogP contribution is -2.12. The van der Waals surface area contributed by atoms with Gasteiger partial charge in [-0.2, -0.15) is 0 Å². The second-order valence-electron chi connectivity index (χ2n) is 3.72. The normalized spacial score (nSPS) is 10.8. The molecule has 0 saturated carbocycles. The molecule has 0 radical (unpaired) electrons. The van der Waals surface area contributed by atoms with Crippen LogP contribution in [0.3, 0.4) is 0 Å². The molecule has 7 heteroatoms. The molecule has 1 heterocycles. The van der Waals surface area contributed by atoms with Crippen LogP contribution in [0.1, 0.15) is 12.5 Å². The van der Waals surface area contributed by atoms with Crippen molar-refractivity contribution in [1.29, 1.82) is 0 Å². The van der Waals surface area contributed by atoms with E-state index < -0.39 is 0 Å². The lowest BCUT2D eigenvalue weighted by molar-refractivity contribution is 0.664. The van der Waals surface area contributed by atoms with Gasteiger partial charge < -0.3 is 5.32 Å². The van der Waals surface area contributed by atoms with E-state index in [4.69, 9.17) is 0 Å². The SMILES string of the molecule is CCNCc1cc(Br)ccc1Sc1nnnn1C. The van der Waals surface area contributed by atoms with Crippen LogP contribution in [0.2, 0.25) is 0 Å². The largest absolute Gasteiger partial charge is 0.313 e. The fourth-order valence-electron chi connectivity index (χ4n) is 1.45. The van der Waals surface area contributed by atoms with E-state index in [1.54, 1.807) is 16.4 Å². The van der Waals surface area contributed by atoms with Crippen molar-refractivity contribution in [2.75, 3.05) is 6.54 Å². The highest BCUT2D eigenvalue weighted by molar-refractivity contribution is 9.10. The van der Waals surface area contributed by atoms with E-state index in [1.165, 1.54) is 5.56 Å². The van der Waals surface area contributed by atoms with Crippen LogP contribution in [0.15, 0.2) is 32.7 Å². The van der Waals surface area contributed by atoms with Gasteiger partial charge in [0.1, 0.15) is 0 Å². The molecule has 0 saturated heterocycles. The summed E-state index contributed by atoms with van der Waals surface area (Å²) in [5.74, 6) is 0. The molecule has 0 fully saturated rings. The third-order valence-electron chi connectivity index (χ3n) is 2.37. The molecule has 0 unspecified atom stereocenters. The van der Waals surface area contributed by atoms with Gasteiger partial charge in [-0.3, -0.25) is 0 Å². The summed E-state index contributed by atoms with van der Waals surface area (Å²) in [6.45, 7) is 3.88. The highest BCUT2D eigenvalue weighted by Crippen LogP contribution is 2.30. The zero-order valence-corrected chi connectivity index (χ0v) is 12.6. The molecule has 0 aliphatic heterocycles. The van der Waals surface area contributed by atoms with Crippen LogP contribution in [0, 0.1) is 0 Å². The number of hydrogen-bond donors (Lipinski definition) is 1. The maximum atomic E-state index is 3.99. The number of nitrogens with zero attached hydrogens (tertiary/aromatic N) is 4. The van der Waals surface area contributed by atoms with Gasteiger partial charge >= 0.3 is 0 Å². The Hall–Kier alpha value is -0.920. The van der Waals surface area contributed by atoms with Crippen LogP contribution in [0.5, 0.6) is 0 Å². The molecule has 0 aliphatic rings. The summed E-state index contributed by atoms with van der Waals surface area (Å²) < 4.78 is 2.75. The molecule has 1 aromatic heterocycles. The average Bonchev–Trinajstić information content (AvgIpc) is 2.75. The number of hydrogen-bond acceptors (Lipinski definition) is 5. The van der Waals surface area contributed by atoms with Crippen LogP contribution >= 0.6 is 27.7 Å². The fourth-order valence-corrected chi connectivity index (χ4v) is 2.70. The molecule has 0 bridgehead atoms. The van der Waals surface area contributed by atoms with Gasteiger partial charge in [-0.05, 0) is 52.5 Å². The summed E-state index contributed by atoms with van der Waals surface area (Å²) >= 11 is 5.07. The topological polar surface area (TPSA) is 55.6 Å². The van der Waals surface area contributed by atoms with E-state index in [2.05, 4.69) is 55.8 Å². The summed E-state index contributed by atoms with van der Waals surface area (Å²) in [5, 5.41) is 15.6. The Morgan fingerprint density at radius 1 is 1.44 bits per heavy atom. The quantitative estimate of drug-likeness (QED) is 0.912. The van der Waals surface area contributed by atoms with E-state index in [0.29, 0.717) is 0 Å². The van der Waals surface area contributed by atoms with E-state index >= 15 is 0 Å². The van der Waals surface area contributed by atoms with Crippen molar-refractivity contribution in [2.45, 2.75) is 23.5 Å². The highest BCUT2D eigenvalue weighted by atomic mass is 79.9. The molecule has 5 nitrogen and oxygen atoms in total. The van der Waals surface area contributed by atoms with Crippen LogP contribution in [-0.2, 0) is 13.6 Å². The maximum absolute atomic E-state index is 3.99. The number of nitrogens with one attached hydrogen (secondary N) is 1. The van der Waals surface area contributed by atoms with E-state index in [1.807, 2.05) is 13.1 Å². The van der Waals surface area contributed by atoms with Gasteiger partial charge in [0.2, 0.25) is 5.16 Å². The molecule has 0 aliphatic carbocycles. The predicted octanol–water partition coefficient (Wildman–Crippen LogP) is 2.23. The third-order valence-corrected chi connectivity index (χ3v) is 4.01. The number of halogens is 1. The molecular formula is C11H14BrN5S. The first-order valence-corrected chi connectivity index (χ1v) is 7.21. The minimum absolute atomic E-state index is 0.787. The van der Waals surface area contributed by atoms with Crippen molar-refractivity contribution < 1.29 is 0 Å². The minimum atomic E-state index is 0.787. The van der Waals surface area contributed by atoms with E-state index in [0.717, 1.165) is 27.6 Å². The molecule has 96 valence electrons. The van der Waals surface area contributed by atoms with Crippen molar-refractivity contribution in [3.8, 4) is 0 Å². The Labute approximate surface area is 118 Å². The Bertz CT molecular complexity index is 528. The number of tetrazole rings is 1. The van der Waals surface area contributed by atoms with Crippen LogP contribution in [0.4, 0.5) is 0 Å². The number of aromatic nitrogens is 4. The van der Waals surface area contributed by atoms with Crippen molar-refractivity contribution in [1.82, 2.24) is 25.5 Å². The summed E-state index contributed by atoms with van der Waals surface area (Å²) in [7, 11) is 1.84. The molecule has 2 aromatic rings. The molecule has 0 amide bonds. The Morgan fingerprint density at radius 2 is 2.28 bits per heavy atom. The van der Waals surface area contributed by atoms with Crippen LogP contribution < -0.4 is 5.32 Å². The van der Waals surface area contributed by atoms with Gasteiger partial charge in [-0.1, -0.05) is 22.9 Å². The van der Waals surface area contributed by atoms with Gasteiger partial charge in [-0.15, -0.1) is 5.10 Å². The number of benzene rings is 1. The van der Waals surface area contributed by atoms with E-state index in [-0.39, 0.29) is 0 Å². The van der Waals surface area contributed by atoms with Gasteiger partial charge in [0, 0.05) is 23.0 Å². The summed E-state index contributed by atoms with van der Waals surface area (Å²) in [4.78, 5) is 1.16. The standard InChI is InChI=1S/C11H14BrN5S/c1-3-13-7-8-6-9(12)4-5-10(8)18-11-14-15-16-17(11)2/h4-6,13H,3,7H2,1-2H3. The summed E-state index contributed by atoms with van der Waals surface area (Å²) in [5.41, 5.74) is 1.24. The van der Waals surface area contributed by atoms with Crippen molar-refractivity contribution in [3.63, 3.8) is 0 Å². The van der Waals surface area contributed by atoms with Crippen molar-refractivity contribution in [2.24, 2.45) is 7.05 Å². The zero-order chi connectivity index (χ0) is 13.0. The third kappa shape index (κ3) is 3.30. The summed E-state index contributed by atoms with van der Waals surface area (Å²) in [6.07, 6.45) is 0. The monoisotopic (exact) mass is 327 g/mol. The summed E-state index contributed by atoms with van der Waals surface area (Å²) in [6, 6.07) is 6.23. The molecular weight excluding hydrogens is 314 g/mol. The first-order valence-electron chi connectivity index (χ1n) is 5.60. The zero-order valence-electron chi connectivity index (χ0n) is 10.2. The molecule has 0 spiro atoms. The molecule has 0 atom stereocenters. The minimum Gasteiger partial charge on any atom is -0.313 e. The average molecular weight is 328 g/mol. The van der Waals surface area contributed by atoms with Gasteiger partial charge in [0.15, 0.2) is 0 Å². The Balaban J connectivity index is 2.23. The van der Waals surface area contributed by atoms with Gasteiger partial charge in [-0.25, -0.2) is 4.68 Å². The Kier molecular flexibility index (Phi) is 4.73. The smallest absolute Gasteiger partial charge is 0.213 e. The maximum Gasteiger partial charge on any atom is 0.213 e. The number of aryl methyl sites for hydroxylation is 1. The first-order chi connectivity index (χ1) is 8.70. The van der Waals surface area contributed by atoms with Crippen LogP contribution in [-0.4, -0.2) is 26.8 Å². The van der Waals surface area contributed by atoms with Gasteiger partial charge in [0.05, 0.1) is 0 Å². The second kappa shape index (κ2) is 6.31. The molecule has 1 aromatic carbocycles. The lowest BCUT2D eigenvalue weighted by atomic mass is 10.2. The van der Waals surface area contributed by atoms with E-state index in [9.17, 15) is 0 Å². The molecule has 2 rings (SSSR count). The lowest BCUT2D eigenvalue weighted by Gasteiger charge is -2.09. The second-order valence-corrected chi connectivity index (χ2v) is 5.64. The first kappa shape index (κ1) is 13.5. The van der Waals surface area contributed by atoms with Crippen molar-refractivity contribution >= 4 is 27.7 Å². The predicted molar refractivity (Wildman–Crippen MR) is 74.4 cm³/mol. The fraction of sp³-hybridized carbons (Fsp3) is 0.364. The van der Waals surface area contributed by atoms with Crippen molar-refractivity contribution in [3.05, 3.63) is 28.2 Å². The highest BCUT2D eigenvalue weighted by Gasteiger charge is 2.09. The van der Waals surface area contributed by atoms with Crippen LogP contribution in [0.25, 0.3) is 0 Å². The van der Waals surface area contributed by atoms with Gasteiger partial charge in [0.25, 0.3) is 0 Å². The Morgan fingerprint density at radius 3 is 2.94 bits per heavy atom. The molecule has 1 N–H and O–H groups in total. The number of rotatable bonds is 5.